The van der Waals surface area contributed by atoms with Crippen molar-refractivity contribution >= 4 is 18.4 Å². The summed E-state index contributed by atoms with van der Waals surface area (Å²) >= 11 is 0. The molecule has 36 heavy (non-hydrogen) atoms. The molecular formula is C25H40O9SSi. The van der Waals surface area contributed by atoms with Crippen molar-refractivity contribution in [3.05, 3.63) is 36.6 Å². The molecule has 3 rings (SSSR count). The molecule has 2 fully saturated rings. The van der Waals surface area contributed by atoms with E-state index in [4.69, 9.17) is 32.3 Å². The van der Waals surface area contributed by atoms with Gasteiger partial charge < -0.3 is 28.1 Å². The van der Waals surface area contributed by atoms with Gasteiger partial charge >= 0.3 is 0 Å². The zero-order chi connectivity index (χ0) is 26.9. The van der Waals surface area contributed by atoms with Crippen molar-refractivity contribution in [3.63, 3.8) is 0 Å². The minimum atomic E-state index is -4.07. The fourth-order valence-corrected chi connectivity index (χ4v) is 5.76. The Morgan fingerprint density at radius 1 is 1.14 bits per heavy atom. The summed E-state index contributed by atoms with van der Waals surface area (Å²) in [6.07, 6.45) is 0.0224. The molecular weight excluding hydrogens is 504 g/mol. The second kappa shape index (κ2) is 10.7. The molecule has 5 atom stereocenters. The Bertz CT molecular complexity index is 1010. The molecule has 2 heterocycles. The quantitative estimate of drug-likeness (QED) is 0.238. The molecule has 0 radical (unpaired) electrons. The van der Waals surface area contributed by atoms with Crippen molar-refractivity contribution in [1.82, 2.24) is 0 Å². The van der Waals surface area contributed by atoms with Crippen LogP contribution in [0.5, 0.6) is 5.75 Å². The molecule has 0 amide bonds. The van der Waals surface area contributed by atoms with Crippen LogP contribution in [0.1, 0.15) is 41.5 Å². The zero-order valence-corrected chi connectivity index (χ0v) is 24.5. The van der Waals surface area contributed by atoms with Crippen molar-refractivity contribution in [2.24, 2.45) is 0 Å². The number of ether oxygens (including phenoxy) is 5. The van der Waals surface area contributed by atoms with Gasteiger partial charge in [-0.2, -0.15) is 8.42 Å². The summed E-state index contributed by atoms with van der Waals surface area (Å²) in [6, 6.07) is 6.28. The minimum Gasteiger partial charge on any atom is -0.544 e. The summed E-state index contributed by atoms with van der Waals surface area (Å²) in [5.41, 5.74) is 0. The molecule has 0 bridgehead atoms. The number of fused-ring (bicyclic) bond motifs is 1. The topological polar surface area (TPSA) is 98.8 Å². The summed E-state index contributed by atoms with van der Waals surface area (Å²) in [7, 11) is -4.58. The minimum absolute atomic E-state index is 0.0233. The van der Waals surface area contributed by atoms with Crippen LogP contribution in [0, 0.1) is 0 Å². The highest BCUT2D eigenvalue weighted by molar-refractivity contribution is 7.86. The monoisotopic (exact) mass is 544 g/mol. The first-order chi connectivity index (χ1) is 16.6. The first-order valence-electron chi connectivity index (χ1n) is 12.1. The lowest BCUT2D eigenvalue weighted by molar-refractivity contribution is -0.229. The predicted molar refractivity (Wildman–Crippen MR) is 137 cm³/mol. The van der Waals surface area contributed by atoms with E-state index in [-0.39, 0.29) is 16.5 Å². The van der Waals surface area contributed by atoms with Crippen LogP contribution in [0.15, 0.2) is 41.5 Å². The van der Waals surface area contributed by atoms with Gasteiger partial charge in [0.25, 0.3) is 10.1 Å². The maximum Gasteiger partial charge on any atom is 0.297 e. The highest BCUT2D eigenvalue weighted by atomic mass is 32.2. The van der Waals surface area contributed by atoms with Crippen LogP contribution in [0.3, 0.4) is 0 Å². The van der Waals surface area contributed by atoms with Gasteiger partial charge in [0.05, 0.1) is 11.2 Å². The fourth-order valence-electron chi connectivity index (χ4n) is 3.81. The van der Waals surface area contributed by atoms with E-state index >= 15 is 0 Å². The van der Waals surface area contributed by atoms with Gasteiger partial charge in [-0.25, -0.2) is 0 Å². The normalized spacial score (nSPS) is 27.2. The van der Waals surface area contributed by atoms with Crippen molar-refractivity contribution in [2.45, 2.75) is 101 Å². The third-order valence-corrected chi connectivity index (χ3v) is 12.4. The molecule has 1 aromatic carbocycles. The van der Waals surface area contributed by atoms with Gasteiger partial charge in [-0.1, -0.05) is 26.8 Å². The Balaban J connectivity index is 1.70. The first-order valence-corrected chi connectivity index (χ1v) is 16.4. The van der Waals surface area contributed by atoms with Gasteiger partial charge in [0, 0.05) is 7.11 Å². The summed E-state index contributed by atoms with van der Waals surface area (Å²) in [4.78, 5) is 0.0239. The second-order valence-electron chi connectivity index (χ2n) is 11.0. The maximum absolute atomic E-state index is 13.0. The van der Waals surface area contributed by atoms with Gasteiger partial charge in [-0.15, -0.1) is 0 Å². The van der Waals surface area contributed by atoms with E-state index in [9.17, 15) is 8.42 Å². The molecule has 0 saturated carbocycles. The number of rotatable bonds is 10. The standard InChI is InChI=1S/C25H40O9SSi/c1-10-15-29-19(20-21(28-7)22-23(31-20)33-25(5,6)32-22)16-30-35(26,27)18-13-11-17(12-14-18)34-36(8,9)24(2,3)4/h10-15,19-23H,16H2,1-9H3/b15-10-/t19-,20-,21+,22-,23-/m1/s1. The summed E-state index contributed by atoms with van der Waals surface area (Å²) < 4.78 is 66.7. The van der Waals surface area contributed by atoms with Gasteiger partial charge in [0.15, 0.2) is 18.2 Å². The van der Waals surface area contributed by atoms with E-state index < -0.39 is 54.9 Å². The SMILES string of the molecule is C/C=C\O[C@H](COS(=O)(=O)c1ccc(O[Si](C)(C)C(C)(C)C)cc1)[C@H]1O[C@@H]2OC(C)(C)O[C@@H]2[C@H]1OC. The summed E-state index contributed by atoms with van der Waals surface area (Å²) in [5.74, 6) is -0.177. The molecule has 1 aromatic rings. The zero-order valence-electron chi connectivity index (χ0n) is 22.6. The van der Waals surface area contributed by atoms with Gasteiger partial charge in [0.1, 0.15) is 30.7 Å². The average Bonchev–Trinajstić information content (AvgIpc) is 3.24. The molecule has 0 spiro atoms. The molecule has 2 aliphatic heterocycles. The van der Waals surface area contributed by atoms with Crippen LogP contribution in [0.2, 0.25) is 18.1 Å². The molecule has 2 saturated heterocycles. The summed E-state index contributed by atoms with van der Waals surface area (Å²) in [5, 5.41) is 0.0233. The van der Waals surface area contributed by atoms with Crippen LogP contribution >= 0.6 is 0 Å². The third-order valence-electron chi connectivity index (χ3n) is 6.73. The van der Waals surface area contributed by atoms with E-state index in [1.165, 1.54) is 25.5 Å². The molecule has 2 aliphatic rings. The van der Waals surface area contributed by atoms with E-state index in [0.29, 0.717) is 5.75 Å². The maximum atomic E-state index is 13.0. The molecule has 0 unspecified atom stereocenters. The summed E-state index contributed by atoms with van der Waals surface area (Å²) in [6.45, 7) is 15.8. The second-order valence-corrected chi connectivity index (χ2v) is 17.3. The predicted octanol–water partition coefficient (Wildman–Crippen LogP) is 4.59. The highest BCUT2D eigenvalue weighted by Gasteiger charge is 2.57. The van der Waals surface area contributed by atoms with E-state index in [1.54, 1.807) is 39.0 Å². The number of hydrogen-bond donors (Lipinski definition) is 0. The molecule has 11 heteroatoms. The van der Waals surface area contributed by atoms with E-state index in [0.717, 1.165) is 0 Å². The average molecular weight is 545 g/mol. The van der Waals surface area contributed by atoms with Crippen molar-refractivity contribution < 1.29 is 40.7 Å². The Morgan fingerprint density at radius 2 is 1.78 bits per heavy atom. The Labute approximate surface area is 216 Å². The van der Waals surface area contributed by atoms with Crippen molar-refractivity contribution in [3.8, 4) is 5.75 Å². The molecule has 0 aliphatic carbocycles. The smallest absolute Gasteiger partial charge is 0.297 e. The Kier molecular flexibility index (Phi) is 8.66. The molecule has 204 valence electrons. The van der Waals surface area contributed by atoms with Gasteiger partial charge in [0.2, 0.25) is 8.32 Å². The number of allylic oxidation sites excluding steroid dienone is 1. The fraction of sp³-hybridized carbons (Fsp3) is 0.680. The Hall–Kier alpha value is -1.47. The van der Waals surface area contributed by atoms with Crippen LogP contribution < -0.4 is 4.43 Å². The van der Waals surface area contributed by atoms with E-state index in [2.05, 4.69) is 33.9 Å². The lowest BCUT2D eigenvalue weighted by Gasteiger charge is -2.36. The van der Waals surface area contributed by atoms with Crippen LogP contribution in [0.25, 0.3) is 0 Å². The lowest BCUT2D eigenvalue weighted by atomic mass is 10.1. The largest absolute Gasteiger partial charge is 0.544 e. The number of methoxy groups -OCH3 is 1. The number of hydrogen-bond acceptors (Lipinski definition) is 9. The first kappa shape index (κ1) is 29.1. The molecule has 9 nitrogen and oxygen atoms in total. The van der Waals surface area contributed by atoms with Crippen LogP contribution in [-0.4, -0.2) is 66.9 Å². The van der Waals surface area contributed by atoms with Gasteiger partial charge in [-0.3, -0.25) is 4.18 Å². The van der Waals surface area contributed by atoms with E-state index in [1.807, 2.05) is 0 Å². The van der Waals surface area contributed by atoms with Crippen molar-refractivity contribution in [2.75, 3.05) is 13.7 Å². The molecule has 0 N–H and O–H groups in total. The Morgan fingerprint density at radius 3 is 2.33 bits per heavy atom. The lowest BCUT2D eigenvalue weighted by Crippen LogP contribution is -2.44. The van der Waals surface area contributed by atoms with Crippen molar-refractivity contribution in [1.29, 1.82) is 0 Å². The number of benzene rings is 1. The highest BCUT2D eigenvalue weighted by Crippen LogP contribution is 2.40. The third kappa shape index (κ3) is 6.50. The van der Waals surface area contributed by atoms with Gasteiger partial charge in [-0.05, 0) is 63.2 Å². The van der Waals surface area contributed by atoms with Crippen LogP contribution in [0.4, 0.5) is 0 Å². The van der Waals surface area contributed by atoms with Crippen LogP contribution in [-0.2, 0) is 38.0 Å². The molecule has 0 aromatic heterocycles.